The maximum atomic E-state index is 13.7. The maximum Gasteiger partial charge on any atom is 0.410 e. The number of hydrogen-bond acceptors (Lipinski definition) is 5. The lowest BCUT2D eigenvalue weighted by Crippen LogP contribution is -2.45. The van der Waals surface area contributed by atoms with Crippen molar-refractivity contribution in [3.8, 4) is 5.75 Å². The van der Waals surface area contributed by atoms with E-state index in [-0.39, 0.29) is 30.1 Å². The Kier molecular flexibility index (Phi) is 8.02. The second-order valence-electron chi connectivity index (χ2n) is 11.6. The van der Waals surface area contributed by atoms with Crippen LogP contribution in [0.3, 0.4) is 0 Å². The molecular weight excluding hydrogens is 514 g/mol. The van der Waals surface area contributed by atoms with Crippen LogP contribution in [0.2, 0.25) is 0 Å². The molecule has 0 radical (unpaired) electrons. The van der Waals surface area contributed by atoms with E-state index in [0.29, 0.717) is 18.5 Å². The van der Waals surface area contributed by atoms with E-state index in [9.17, 15) is 9.59 Å². The number of ether oxygens (including phenoxy) is 3. The van der Waals surface area contributed by atoms with E-state index in [1.807, 2.05) is 76.2 Å². The Balaban J connectivity index is 1.48. The molecule has 212 valence electrons. The Labute approximate surface area is 241 Å². The number of hydrogen-bond donors (Lipinski definition) is 0. The zero-order valence-corrected chi connectivity index (χ0v) is 24.3. The number of benzene rings is 4. The fourth-order valence-corrected chi connectivity index (χ4v) is 5.60. The van der Waals surface area contributed by atoms with Crippen LogP contribution >= 0.6 is 0 Å². The highest BCUT2D eigenvalue weighted by molar-refractivity contribution is 5.89. The van der Waals surface area contributed by atoms with Crippen molar-refractivity contribution in [2.75, 3.05) is 13.7 Å². The van der Waals surface area contributed by atoms with Crippen LogP contribution in [0.15, 0.2) is 91.0 Å². The van der Waals surface area contributed by atoms with Crippen molar-refractivity contribution >= 4 is 22.8 Å². The van der Waals surface area contributed by atoms with Crippen molar-refractivity contribution in [2.45, 2.75) is 57.8 Å². The molecule has 0 aliphatic carbocycles. The van der Waals surface area contributed by atoms with Crippen molar-refractivity contribution in [1.29, 1.82) is 0 Å². The Hall–Kier alpha value is -4.32. The average Bonchev–Trinajstić information content (AvgIpc) is 2.97. The molecule has 1 aliphatic rings. The fraction of sp³-hybridized carbons (Fsp3) is 0.314. The smallest absolute Gasteiger partial charge is 0.410 e. The zero-order valence-electron chi connectivity index (χ0n) is 24.3. The third-order valence-electron chi connectivity index (χ3n) is 7.59. The Morgan fingerprint density at radius 3 is 2.34 bits per heavy atom. The van der Waals surface area contributed by atoms with Crippen molar-refractivity contribution in [3.63, 3.8) is 0 Å². The van der Waals surface area contributed by atoms with Gasteiger partial charge in [-0.2, -0.15) is 0 Å². The highest BCUT2D eigenvalue weighted by Gasteiger charge is 2.35. The summed E-state index contributed by atoms with van der Waals surface area (Å²) >= 11 is 0. The van der Waals surface area contributed by atoms with Gasteiger partial charge in [-0.3, -0.25) is 4.90 Å². The molecule has 0 saturated heterocycles. The number of amides is 1. The lowest BCUT2D eigenvalue weighted by atomic mass is 9.83. The number of para-hydroxylation sites is 1. The monoisotopic (exact) mass is 551 g/mol. The number of esters is 1. The summed E-state index contributed by atoms with van der Waals surface area (Å²) in [6, 6.07) is 29.7. The summed E-state index contributed by atoms with van der Waals surface area (Å²) in [5, 5.41) is 2.23. The normalized spacial score (nSPS) is 17.2. The lowest BCUT2D eigenvalue weighted by molar-refractivity contribution is 0.00570. The Morgan fingerprint density at radius 1 is 0.927 bits per heavy atom. The van der Waals surface area contributed by atoms with E-state index in [1.54, 1.807) is 17.0 Å². The first-order valence-electron chi connectivity index (χ1n) is 14.1. The summed E-state index contributed by atoms with van der Waals surface area (Å²) in [7, 11) is 1.38. The number of fused-ring (bicyclic) bond motifs is 2. The van der Waals surface area contributed by atoms with E-state index in [4.69, 9.17) is 14.2 Å². The van der Waals surface area contributed by atoms with Gasteiger partial charge < -0.3 is 14.2 Å². The van der Waals surface area contributed by atoms with Gasteiger partial charge in [0.05, 0.1) is 25.3 Å². The minimum atomic E-state index is -0.641. The van der Waals surface area contributed by atoms with Crippen LogP contribution in [0.5, 0.6) is 5.75 Å². The highest BCUT2D eigenvalue weighted by atomic mass is 16.6. The van der Waals surface area contributed by atoms with Crippen molar-refractivity contribution in [3.05, 3.63) is 113 Å². The largest absolute Gasteiger partial charge is 0.488 e. The number of nitrogens with zero attached hydrogens (tertiary/aromatic N) is 1. The van der Waals surface area contributed by atoms with Crippen molar-refractivity contribution < 1.29 is 23.8 Å². The first kappa shape index (κ1) is 28.2. The van der Waals surface area contributed by atoms with Gasteiger partial charge in [-0.1, -0.05) is 72.8 Å². The third kappa shape index (κ3) is 6.22. The van der Waals surface area contributed by atoms with Gasteiger partial charge in [0.1, 0.15) is 17.5 Å². The summed E-state index contributed by atoms with van der Waals surface area (Å²) in [6.07, 6.45) is 0.00960. The standard InChI is InChI=1S/C35H37NO5/c1-23(28-15-10-12-24-11-6-7-13-29(24)28)36(34(38)41-35(2,3)4)22-27-21-31(30-14-8-9-16-32(30)40-27)25-17-19-26(20-18-25)33(37)39-5/h6-20,23,27,31H,21-22H2,1-5H3/t23-,27-,31?/m1/s1. The molecule has 3 atom stereocenters. The minimum absolute atomic E-state index is 0.0324. The maximum absolute atomic E-state index is 13.7. The molecule has 1 heterocycles. The SMILES string of the molecule is COC(=O)c1ccc(C2C[C@H](CN(C(=O)OC(C)(C)C)[C@H](C)c3cccc4ccccc34)Oc3ccccc32)cc1. The van der Waals surface area contributed by atoms with Gasteiger partial charge in [-0.05, 0) is 74.2 Å². The topological polar surface area (TPSA) is 65.1 Å². The van der Waals surface area contributed by atoms with Crippen LogP contribution in [0.4, 0.5) is 4.79 Å². The Bertz CT molecular complexity index is 1530. The molecule has 1 aliphatic heterocycles. The lowest BCUT2D eigenvalue weighted by Gasteiger charge is -2.38. The minimum Gasteiger partial charge on any atom is -0.488 e. The van der Waals surface area contributed by atoms with Gasteiger partial charge in [0.25, 0.3) is 0 Å². The summed E-state index contributed by atoms with van der Waals surface area (Å²) in [5.74, 6) is 0.468. The first-order chi connectivity index (χ1) is 19.6. The number of methoxy groups -OCH3 is 1. The molecule has 0 saturated carbocycles. The number of rotatable bonds is 6. The predicted molar refractivity (Wildman–Crippen MR) is 160 cm³/mol. The number of carbonyl (C=O) groups is 2. The number of carbonyl (C=O) groups excluding carboxylic acids is 2. The van der Waals surface area contributed by atoms with Gasteiger partial charge in [-0.25, -0.2) is 9.59 Å². The molecule has 0 N–H and O–H groups in total. The molecule has 5 rings (SSSR count). The van der Waals surface area contributed by atoms with Crippen LogP contribution in [-0.4, -0.2) is 42.3 Å². The summed E-state index contributed by atoms with van der Waals surface area (Å²) in [5.41, 5.74) is 3.08. The van der Waals surface area contributed by atoms with Crippen LogP contribution < -0.4 is 4.74 Å². The van der Waals surface area contributed by atoms with Crippen molar-refractivity contribution in [1.82, 2.24) is 4.90 Å². The van der Waals surface area contributed by atoms with Crippen LogP contribution in [0.25, 0.3) is 10.8 Å². The molecule has 0 fully saturated rings. The van der Waals surface area contributed by atoms with Crippen LogP contribution in [-0.2, 0) is 9.47 Å². The fourth-order valence-electron chi connectivity index (χ4n) is 5.60. The van der Waals surface area contributed by atoms with Gasteiger partial charge >= 0.3 is 12.1 Å². The molecule has 0 bridgehead atoms. The second kappa shape index (κ2) is 11.7. The summed E-state index contributed by atoms with van der Waals surface area (Å²) in [6.45, 7) is 8.04. The average molecular weight is 552 g/mol. The molecule has 6 nitrogen and oxygen atoms in total. The van der Waals surface area contributed by atoms with E-state index >= 15 is 0 Å². The van der Waals surface area contributed by atoms with Gasteiger partial charge in [-0.15, -0.1) is 0 Å². The molecule has 1 amide bonds. The summed E-state index contributed by atoms with van der Waals surface area (Å²) < 4.78 is 17.3. The van der Waals surface area contributed by atoms with E-state index in [1.165, 1.54) is 7.11 Å². The molecule has 41 heavy (non-hydrogen) atoms. The first-order valence-corrected chi connectivity index (χ1v) is 14.1. The molecule has 0 spiro atoms. The van der Waals surface area contributed by atoms with Gasteiger partial charge in [0.15, 0.2) is 0 Å². The molecule has 4 aromatic rings. The van der Waals surface area contributed by atoms with E-state index in [2.05, 4.69) is 30.3 Å². The van der Waals surface area contributed by atoms with Crippen LogP contribution in [0.1, 0.15) is 73.1 Å². The molecule has 4 aromatic carbocycles. The molecule has 1 unspecified atom stereocenters. The quantitative estimate of drug-likeness (QED) is 0.228. The highest BCUT2D eigenvalue weighted by Crippen LogP contribution is 2.41. The van der Waals surface area contributed by atoms with Gasteiger partial charge in [0, 0.05) is 11.5 Å². The van der Waals surface area contributed by atoms with E-state index in [0.717, 1.165) is 33.2 Å². The Morgan fingerprint density at radius 2 is 1.61 bits per heavy atom. The predicted octanol–water partition coefficient (Wildman–Crippen LogP) is 7.91. The zero-order chi connectivity index (χ0) is 29.1. The van der Waals surface area contributed by atoms with Crippen molar-refractivity contribution in [2.24, 2.45) is 0 Å². The molecule has 6 heteroatoms. The summed E-state index contributed by atoms with van der Waals surface area (Å²) in [4.78, 5) is 27.5. The molecule has 0 aromatic heterocycles. The van der Waals surface area contributed by atoms with E-state index < -0.39 is 5.60 Å². The third-order valence-corrected chi connectivity index (χ3v) is 7.59. The van der Waals surface area contributed by atoms with Gasteiger partial charge in [0.2, 0.25) is 0 Å². The molecular formula is C35H37NO5. The second-order valence-corrected chi connectivity index (χ2v) is 11.6. The van der Waals surface area contributed by atoms with Crippen LogP contribution in [0, 0.1) is 0 Å².